The van der Waals surface area contributed by atoms with Gasteiger partial charge in [0.1, 0.15) is 17.4 Å². The highest BCUT2D eigenvalue weighted by Crippen LogP contribution is 2.28. The van der Waals surface area contributed by atoms with Crippen molar-refractivity contribution in [2.75, 3.05) is 20.6 Å². The van der Waals surface area contributed by atoms with E-state index in [1.165, 1.54) is 18.4 Å². The molecule has 0 fully saturated rings. The Labute approximate surface area is 132 Å². The Bertz CT molecular complexity index is 829. The van der Waals surface area contributed by atoms with Crippen LogP contribution in [-0.4, -0.2) is 42.7 Å². The fourth-order valence-electron chi connectivity index (χ4n) is 2.40. The summed E-state index contributed by atoms with van der Waals surface area (Å²) in [5, 5.41) is 0. The molecule has 0 bridgehead atoms. The van der Waals surface area contributed by atoms with E-state index in [1.807, 2.05) is 0 Å². The highest BCUT2D eigenvalue weighted by atomic mass is 32.2. The van der Waals surface area contributed by atoms with E-state index in [9.17, 15) is 17.2 Å². The lowest BCUT2D eigenvalue weighted by Crippen LogP contribution is -2.42. The number of fused-ring (bicyclic) bond motifs is 1. The number of oxazole rings is 1. The van der Waals surface area contributed by atoms with Gasteiger partial charge in [-0.25, -0.2) is 13.8 Å². The number of nitrogens with zero attached hydrogens (tertiary/aromatic N) is 3. The maximum Gasteiger partial charge on any atom is 0.281 e. The largest absolute Gasteiger partial charge is 0.441 e. The molecule has 0 atom stereocenters. The molecule has 2 aromatic rings. The monoisotopic (exact) mass is 343 g/mol. The molecule has 23 heavy (non-hydrogen) atoms. The molecule has 0 saturated carbocycles. The second-order valence-corrected chi connectivity index (χ2v) is 7.56. The standard InChI is InChI=1S/C14H15F2N3O3S/c1-18(2)23(20,21)19-4-3-13-12(8-19)17-14(22-13)9-5-10(15)7-11(16)6-9/h5-7H,3-4,8H2,1-2H3. The van der Waals surface area contributed by atoms with E-state index >= 15 is 0 Å². The number of aromatic nitrogens is 1. The van der Waals surface area contributed by atoms with E-state index < -0.39 is 21.8 Å². The first kappa shape index (κ1) is 16.0. The predicted molar refractivity (Wildman–Crippen MR) is 78.6 cm³/mol. The molecule has 3 rings (SSSR count). The second kappa shape index (κ2) is 5.66. The molecule has 6 nitrogen and oxygen atoms in total. The van der Waals surface area contributed by atoms with Gasteiger partial charge < -0.3 is 4.42 Å². The van der Waals surface area contributed by atoms with Gasteiger partial charge in [-0.3, -0.25) is 0 Å². The summed E-state index contributed by atoms with van der Waals surface area (Å²) in [6.45, 7) is 0.330. The fourth-order valence-corrected chi connectivity index (χ4v) is 3.47. The SMILES string of the molecule is CN(C)S(=O)(=O)N1CCc2oc(-c3cc(F)cc(F)c3)nc2C1. The van der Waals surface area contributed by atoms with Gasteiger partial charge in [0.2, 0.25) is 5.89 Å². The van der Waals surface area contributed by atoms with Crippen molar-refractivity contribution in [3.63, 3.8) is 0 Å². The molecule has 1 aliphatic rings. The summed E-state index contributed by atoms with van der Waals surface area (Å²) in [6, 6.07) is 3.00. The van der Waals surface area contributed by atoms with Gasteiger partial charge in [-0.15, -0.1) is 0 Å². The van der Waals surface area contributed by atoms with Crippen LogP contribution in [0.3, 0.4) is 0 Å². The molecule has 1 aliphatic heterocycles. The number of hydrogen-bond donors (Lipinski definition) is 0. The van der Waals surface area contributed by atoms with Crippen molar-refractivity contribution in [2.45, 2.75) is 13.0 Å². The maximum atomic E-state index is 13.3. The third-order valence-electron chi connectivity index (χ3n) is 3.59. The summed E-state index contributed by atoms with van der Waals surface area (Å²) in [4.78, 5) is 4.20. The number of hydrogen-bond acceptors (Lipinski definition) is 4. The van der Waals surface area contributed by atoms with Crippen LogP contribution in [0.15, 0.2) is 22.6 Å². The van der Waals surface area contributed by atoms with Gasteiger partial charge in [-0.05, 0) is 12.1 Å². The molecular weight excluding hydrogens is 328 g/mol. The Kier molecular flexibility index (Phi) is 3.95. The summed E-state index contributed by atoms with van der Waals surface area (Å²) < 4.78 is 58.9. The van der Waals surface area contributed by atoms with Crippen LogP contribution in [0.2, 0.25) is 0 Å². The average molecular weight is 343 g/mol. The topological polar surface area (TPSA) is 66.7 Å². The molecule has 0 N–H and O–H groups in total. The van der Waals surface area contributed by atoms with Gasteiger partial charge in [0.15, 0.2) is 0 Å². The molecule has 0 saturated heterocycles. The van der Waals surface area contributed by atoms with Crippen molar-refractivity contribution >= 4 is 10.2 Å². The van der Waals surface area contributed by atoms with Crippen LogP contribution in [0.4, 0.5) is 8.78 Å². The summed E-state index contributed by atoms with van der Waals surface area (Å²) in [5.41, 5.74) is 0.639. The predicted octanol–water partition coefficient (Wildman–Crippen LogP) is 1.78. The molecule has 124 valence electrons. The van der Waals surface area contributed by atoms with Crippen LogP contribution in [-0.2, 0) is 23.2 Å². The zero-order valence-electron chi connectivity index (χ0n) is 12.6. The van der Waals surface area contributed by atoms with Crippen molar-refractivity contribution in [3.8, 4) is 11.5 Å². The average Bonchev–Trinajstić information content (AvgIpc) is 2.89. The van der Waals surface area contributed by atoms with E-state index in [1.54, 1.807) is 0 Å². The minimum Gasteiger partial charge on any atom is -0.441 e. The van der Waals surface area contributed by atoms with Crippen LogP contribution >= 0.6 is 0 Å². The fraction of sp³-hybridized carbons (Fsp3) is 0.357. The number of halogens is 2. The van der Waals surface area contributed by atoms with E-state index in [0.717, 1.165) is 22.5 Å². The van der Waals surface area contributed by atoms with Crippen molar-refractivity contribution in [1.82, 2.24) is 13.6 Å². The first-order chi connectivity index (χ1) is 10.8. The first-order valence-electron chi connectivity index (χ1n) is 6.90. The number of rotatable bonds is 3. The third-order valence-corrected chi connectivity index (χ3v) is 5.48. The Balaban J connectivity index is 1.93. The molecule has 9 heteroatoms. The minimum absolute atomic E-state index is 0.0666. The van der Waals surface area contributed by atoms with E-state index in [4.69, 9.17) is 4.42 Å². The van der Waals surface area contributed by atoms with Crippen LogP contribution in [0.25, 0.3) is 11.5 Å². The van der Waals surface area contributed by atoms with Gasteiger partial charge in [-0.1, -0.05) is 0 Å². The van der Waals surface area contributed by atoms with Gasteiger partial charge in [0.25, 0.3) is 10.2 Å². The molecule has 0 amide bonds. The molecular formula is C14H15F2N3O3S. The van der Waals surface area contributed by atoms with E-state index in [-0.39, 0.29) is 24.5 Å². The molecule has 1 aromatic carbocycles. The van der Waals surface area contributed by atoms with Gasteiger partial charge in [0.05, 0.1) is 12.2 Å². The Morgan fingerprint density at radius 1 is 1.22 bits per heavy atom. The van der Waals surface area contributed by atoms with Gasteiger partial charge in [0, 0.05) is 38.7 Å². The van der Waals surface area contributed by atoms with Gasteiger partial charge >= 0.3 is 0 Å². The van der Waals surface area contributed by atoms with Crippen LogP contribution < -0.4 is 0 Å². The van der Waals surface area contributed by atoms with E-state index in [0.29, 0.717) is 17.9 Å². The van der Waals surface area contributed by atoms with E-state index in [2.05, 4.69) is 4.98 Å². The zero-order chi connectivity index (χ0) is 16.8. The van der Waals surface area contributed by atoms with Crippen molar-refractivity contribution in [1.29, 1.82) is 0 Å². The molecule has 0 aliphatic carbocycles. The highest BCUT2D eigenvalue weighted by Gasteiger charge is 2.31. The van der Waals surface area contributed by atoms with Crippen LogP contribution in [0.5, 0.6) is 0 Å². The molecule has 2 heterocycles. The molecule has 0 unspecified atom stereocenters. The summed E-state index contributed by atoms with van der Waals surface area (Å²) in [5.74, 6) is -0.839. The first-order valence-corrected chi connectivity index (χ1v) is 8.29. The Morgan fingerprint density at radius 2 is 1.87 bits per heavy atom. The Morgan fingerprint density at radius 3 is 2.48 bits per heavy atom. The summed E-state index contributed by atoms with van der Waals surface area (Å²) in [6.07, 6.45) is 0.354. The summed E-state index contributed by atoms with van der Waals surface area (Å²) in [7, 11) is -0.641. The molecule has 1 aromatic heterocycles. The third kappa shape index (κ3) is 2.99. The lowest BCUT2D eigenvalue weighted by Gasteiger charge is -2.27. The second-order valence-electron chi connectivity index (χ2n) is 5.42. The van der Waals surface area contributed by atoms with Crippen molar-refractivity contribution in [2.24, 2.45) is 0 Å². The van der Waals surface area contributed by atoms with Gasteiger partial charge in [-0.2, -0.15) is 17.0 Å². The van der Waals surface area contributed by atoms with Crippen molar-refractivity contribution in [3.05, 3.63) is 41.3 Å². The zero-order valence-corrected chi connectivity index (χ0v) is 13.4. The molecule has 0 spiro atoms. The lowest BCUT2D eigenvalue weighted by molar-refractivity contribution is 0.338. The van der Waals surface area contributed by atoms with Crippen LogP contribution in [0.1, 0.15) is 11.5 Å². The minimum atomic E-state index is -3.55. The Hall–Kier alpha value is -1.84. The lowest BCUT2D eigenvalue weighted by atomic mass is 10.2. The van der Waals surface area contributed by atoms with Crippen molar-refractivity contribution < 1.29 is 21.6 Å². The highest BCUT2D eigenvalue weighted by molar-refractivity contribution is 7.86. The molecule has 0 radical (unpaired) electrons. The maximum absolute atomic E-state index is 13.3. The summed E-state index contributed by atoms with van der Waals surface area (Å²) >= 11 is 0. The quantitative estimate of drug-likeness (QED) is 0.852. The normalized spacial score (nSPS) is 15.9. The van der Waals surface area contributed by atoms with Crippen LogP contribution in [0, 0.1) is 11.6 Å². The smallest absolute Gasteiger partial charge is 0.281 e. The number of benzene rings is 1.